The highest BCUT2D eigenvalue weighted by atomic mass is 32.1. The Kier molecular flexibility index (Phi) is 4.38. The molecule has 4 aromatic rings. The van der Waals surface area contributed by atoms with Crippen LogP contribution in [0.5, 0.6) is 0 Å². The Labute approximate surface area is 159 Å². The van der Waals surface area contributed by atoms with Crippen LogP contribution in [0.3, 0.4) is 0 Å². The van der Waals surface area contributed by atoms with Crippen molar-refractivity contribution >= 4 is 32.3 Å². The first-order valence-corrected chi connectivity index (χ1v) is 9.22. The molecule has 1 aromatic heterocycles. The van der Waals surface area contributed by atoms with E-state index in [2.05, 4.69) is 21.6 Å². The van der Waals surface area contributed by atoms with E-state index in [1.807, 2.05) is 66.7 Å². The molecule has 0 fully saturated rings. The van der Waals surface area contributed by atoms with E-state index < -0.39 is 5.60 Å². The Morgan fingerprint density at radius 3 is 2.63 bits per heavy atom. The van der Waals surface area contributed by atoms with Crippen molar-refractivity contribution in [2.45, 2.75) is 12.0 Å². The van der Waals surface area contributed by atoms with E-state index in [9.17, 15) is 5.11 Å². The quantitative estimate of drug-likeness (QED) is 0.269. The second-order valence-corrected chi connectivity index (χ2v) is 7.37. The van der Waals surface area contributed by atoms with E-state index in [0.29, 0.717) is 10.6 Å². The lowest BCUT2D eigenvalue weighted by molar-refractivity contribution is 0.0809. The molecule has 0 aliphatic rings. The Balaban J connectivity index is 1.90. The number of benzene rings is 3. The van der Waals surface area contributed by atoms with E-state index in [4.69, 9.17) is 5.53 Å². The van der Waals surface area contributed by atoms with Gasteiger partial charge in [-0.3, -0.25) is 0 Å². The maximum absolute atomic E-state index is 11.7. The number of rotatable bonds is 5. The van der Waals surface area contributed by atoms with Crippen molar-refractivity contribution < 1.29 is 5.11 Å². The maximum atomic E-state index is 11.7. The first kappa shape index (κ1) is 17.2. The molecule has 0 bridgehead atoms. The first-order chi connectivity index (χ1) is 13.1. The van der Waals surface area contributed by atoms with Crippen molar-refractivity contribution in [1.29, 1.82) is 0 Å². The second-order valence-electron chi connectivity index (χ2n) is 6.34. The third-order valence-corrected chi connectivity index (χ3v) is 5.71. The van der Waals surface area contributed by atoms with Gasteiger partial charge < -0.3 is 5.11 Å². The van der Waals surface area contributed by atoms with Gasteiger partial charge in [0.2, 0.25) is 0 Å². The number of aliphatic hydroxyl groups is 1. The molecule has 0 aliphatic carbocycles. The lowest BCUT2D eigenvalue weighted by Gasteiger charge is -2.27. The van der Waals surface area contributed by atoms with Crippen molar-refractivity contribution in [2.75, 3.05) is 0 Å². The van der Waals surface area contributed by atoms with Crippen molar-refractivity contribution in [3.8, 4) is 0 Å². The van der Waals surface area contributed by atoms with Gasteiger partial charge in [-0.25, -0.2) is 4.98 Å². The van der Waals surface area contributed by atoms with Gasteiger partial charge in [-0.2, -0.15) is 0 Å². The summed E-state index contributed by atoms with van der Waals surface area (Å²) < 4.78 is 0.987. The highest BCUT2D eigenvalue weighted by molar-refractivity contribution is 7.18. The smallest absolute Gasteiger partial charge is 0.145 e. The van der Waals surface area contributed by atoms with E-state index in [0.717, 1.165) is 21.0 Å². The monoisotopic (exact) mass is 372 g/mol. The van der Waals surface area contributed by atoms with Gasteiger partial charge in [-0.05, 0) is 40.1 Å². The van der Waals surface area contributed by atoms with Gasteiger partial charge in [0.15, 0.2) is 0 Å². The number of para-hydroxylation sites is 1. The average Bonchev–Trinajstić information content (AvgIpc) is 3.12. The van der Waals surface area contributed by atoms with E-state index in [-0.39, 0.29) is 12.1 Å². The Morgan fingerprint density at radius 1 is 1.11 bits per heavy atom. The highest BCUT2D eigenvalue weighted by Crippen LogP contribution is 2.40. The Hall–Kier alpha value is -3.18. The summed E-state index contributed by atoms with van der Waals surface area (Å²) in [5, 5.41) is 17.9. The number of azide groups is 1. The van der Waals surface area contributed by atoms with Crippen LogP contribution in [0.15, 0.2) is 84.1 Å². The minimum atomic E-state index is -1.43. The molecule has 0 saturated carbocycles. The molecule has 1 atom stereocenters. The number of hydrogen-bond donors (Lipinski definition) is 1. The van der Waals surface area contributed by atoms with Crippen LogP contribution in [0.4, 0.5) is 0 Å². The van der Waals surface area contributed by atoms with Gasteiger partial charge in [0, 0.05) is 17.0 Å². The van der Waals surface area contributed by atoms with Gasteiger partial charge in [-0.15, -0.1) is 11.3 Å². The molecule has 3 aromatic carbocycles. The van der Waals surface area contributed by atoms with Gasteiger partial charge >= 0.3 is 0 Å². The van der Waals surface area contributed by atoms with Gasteiger partial charge in [0.05, 0.1) is 10.2 Å². The average molecular weight is 372 g/mol. The lowest BCUT2D eigenvalue weighted by atomic mass is 9.88. The van der Waals surface area contributed by atoms with Crippen molar-refractivity contribution in [1.82, 2.24) is 4.98 Å². The van der Waals surface area contributed by atoms with E-state index in [1.165, 1.54) is 11.3 Å². The van der Waals surface area contributed by atoms with Gasteiger partial charge in [0.25, 0.3) is 0 Å². The van der Waals surface area contributed by atoms with Crippen LogP contribution in [0, 0.1) is 0 Å². The molecule has 1 unspecified atom stereocenters. The van der Waals surface area contributed by atoms with Crippen LogP contribution in [0.2, 0.25) is 0 Å². The molecule has 5 nitrogen and oxygen atoms in total. The number of nitrogens with zero attached hydrogens (tertiary/aromatic N) is 4. The highest BCUT2D eigenvalue weighted by Gasteiger charge is 2.35. The number of hydrogen-bond acceptors (Lipinski definition) is 4. The molecular formula is C21H16N4OS. The van der Waals surface area contributed by atoms with Crippen LogP contribution in [0.25, 0.3) is 31.4 Å². The molecule has 0 radical (unpaired) electrons. The zero-order valence-corrected chi connectivity index (χ0v) is 15.2. The largest absolute Gasteiger partial charge is 0.378 e. The summed E-state index contributed by atoms with van der Waals surface area (Å²) in [5.41, 5.74) is 9.07. The summed E-state index contributed by atoms with van der Waals surface area (Å²) >= 11 is 1.43. The van der Waals surface area contributed by atoms with Gasteiger partial charge in [-0.1, -0.05) is 60.2 Å². The summed E-state index contributed by atoms with van der Waals surface area (Å²) in [6.07, 6.45) is 0.0647. The van der Waals surface area contributed by atoms with E-state index >= 15 is 0 Å². The molecule has 0 spiro atoms. The fourth-order valence-electron chi connectivity index (χ4n) is 3.19. The fraction of sp³-hybridized carbons (Fsp3) is 0.0952. The van der Waals surface area contributed by atoms with Crippen molar-refractivity contribution in [3.63, 3.8) is 0 Å². The van der Waals surface area contributed by atoms with Crippen LogP contribution >= 0.6 is 11.3 Å². The predicted octanol–water partition coefficient (Wildman–Crippen LogP) is 5.90. The summed E-state index contributed by atoms with van der Waals surface area (Å²) in [4.78, 5) is 7.44. The first-order valence-electron chi connectivity index (χ1n) is 8.41. The van der Waals surface area contributed by atoms with Crippen LogP contribution < -0.4 is 0 Å². The molecular weight excluding hydrogens is 356 g/mol. The van der Waals surface area contributed by atoms with E-state index in [1.54, 1.807) is 0 Å². The van der Waals surface area contributed by atoms with Crippen LogP contribution in [-0.4, -0.2) is 10.1 Å². The predicted molar refractivity (Wildman–Crippen MR) is 109 cm³/mol. The molecule has 0 amide bonds. The summed E-state index contributed by atoms with van der Waals surface area (Å²) in [7, 11) is 0. The number of thiazole rings is 1. The molecule has 27 heavy (non-hydrogen) atoms. The third kappa shape index (κ3) is 3.17. The zero-order chi connectivity index (χ0) is 18.9. The second kappa shape index (κ2) is 6.85. The topological polar surface area (TPSA) is 81.9 Å². The summed E-state index contributed by atoms with van der Waals surface area (Å²) in [5.74, 6) is 0. The Morgan fingerprint density at radius 2 is 1.85 bits per heavy atom. The SMILES string of the molecule is C=C(CC(O)(c1ccc2ccccc2c1)c1nc2ccccc2s1)N=[N+]=[N-]. The number of fused-ring (bicyclic) bond motifs is 2. The molecule has 132 valence electrons. The molecule has 4 rings (SSSR count). The number of aromatic nitrogens is 1. The zero-order valence-electron chi connectivity index (χ0n) is 14.4. The van der Waals surface area contributed by atoms with Crippen LogP contribution in [-0.2, 0) is 5.60 Å². The van der Waals surface area contributed by atoms with Crippen LogP contribution in [0.1, 0.15) is 17.0 Å². The molecule has 6 heteroatoms. The molecule has 1 heterocycles. The summed E-state index contributed by atoms with van der Waals surface area (Å²) in [6.45, 7) is 3.79. The Bertz CT molecular complexity index is 1180. The minimum absolute atomic E-state index is 0.0647. The molecule has 1 N–H and O–H groups in total. The van der Waals surface area contributed by atoms with Crippen molar-refractivity contribution in [3.05, 3.63) is 100 Å². The standard InChI is InChI=1S/C21H16N4OS/c1-14(24-25-22)13-21(26,20-23-18-8-4-5-9-19(18)27-20)17-11-10-15-6-2-3-7-16(15)12-17/h2-12,26H,1,13H2. The maximum Gasteiger partial charge on any atom is 0.145 e. The lowest BCUT2D eigenvalue weighted by Crippen LogP contribution is -2.27. The third-order valence-electron chi connectivity index (χ3n) is 4.52. The van der Waals surface area contributed by atoms with Gasteiger partial charge in [0.1, 0.15) is 10.6 Å². The molecule has 0 saturated heterocycles. The molecule has 0 aliphatic heterocycles. The summed E-state index contributed by atoms with van der Waals surface area (Å²) in [6, 6.07) is 21.5. The minimum Gasteiger partial charge on any atom is -0.378 e. The van der Waals surface area contributed by atoms with Crippen molar-refractivity contribution in [2.24, 2.45) is 5.11 Å². The normalized spacial score (nSPS) is 13.2. The fourth-order valence-corrected chi connectivity index (χ4v) is 4.27.